The van der Waals surface area contributed by atoms with E-state index < -0.39 is 15.9 Å². The standard InChI is InChI=1S/C26H27ClN2O4S/c1-18-24(27)7-4-8-25(18)29(17-26(30)28-16-19-9-12-22(33-2)13-10-19)34(31,32)23-14-11-20-5-3-6-21(20)15-23/h4,7-15H,3,5-6,16-17H2,1-2H3,(H,28,30). The van der Waals surface area contributed by atoms with Crippen LogP contribution in [0.2, 0.25) is 5.02 Å². The van der Waals surface area contributed by atoms with Crippen molar-refractivity contribution in [1.82, 2.24) is 5.32 Å². The molecule has 0 radical (unpaired) electrons. The fourth-order valence-electron chi connectivity index (χ4n) is 4.13. The highest BCUT2D eigenvalue weighted by Crippen LogP contribution is 2.32. The topological polar surface area (TPSA) is 75.7 Å². The first-order chi connectivity index (χ1) is 16.3. The van der Waals surface area contributed by atoms with Gasteiger partial charge in [-0.25, -0.2) is 8.42 Å². The molecule has 3 aromatic rings. The van der Waals surface area contributed by atoms with Crippen molar-refractivity contribution in [2.45, 2.75) is 37.6 Å². The number of halogens is 1. The molecule has 34 heavy (non-hydrogen) atoms. The van der Waals surface area contributed by atoms with Gasteiger partial charge in [-0.3, -0.25) is 9.10 Å². The Balaban J connectivity index is 1.61. The number of hydrogen-bond donors (Lipinski definition) is 1. The zero-order chi connectivity index (χ0) is 24.3. The summed E-state index contributed by atoms with van der Waals surface area (Å²) < 4.78 is 33.8. The van der Waals surface area contributed by atoms with Crippen LogP contribution >= 0.6 is 11.6 Å². The number of nitrogens with zero attached hydrogens (tertiary/aromatic N) is 1. The minimum absolute atomic E-state index is 0.176. The highest BCUT2D eigenvalue weighted by molar-refractivity contribution is 7.92. The zero-order valence-corrected chi connectivity index (χ0v) is 20.7. The van der Waals surface area contributed by atoms with Gasteiger partial charge in [-0.2, -0.15) is 0 Å². The molecule has 0 unspecified atom stereocenters. The van der Waals surface area contributed by atoms with E-state index in [1.54, 1.807) is 56.5 Å². The Hall–Kier alpha value is -3.03. The van der Waals surface area contributed by atoms with Gasteiger partial charge in [-0.15, -0.1) is 0 Å². The largest absolute Gasteiger partial charge is 0.497 e. The molecule has 0 saturated carbocycles. The van der Waals surface area contributed by atoms with E-state index in [9.17, 15) is 13.2 Å². The number of carbonyl (C=O) groups excluding carboxylic acids is 1. The number of anilines is 1. The molecule has 1 aliphatic carbocycles. The third kappa shape index (κ3) is 5.05. The van der Waals surface area contributed by atoms with Crippen LogP contribution in [0.1, 0.15) is 28.7 Å². The quantitative estimate of drug-likeness (QED) is 0.490. The number of aryl methyl sites for hydroxylation is 2. The average molecular weight is 499 g/mol. The molecule has 0 fully saturated rings. The lowest BCUT2D eigenvalue weighted by Gasteiger charge is -2.26. The molecular formula is C26H27ClN2O4S. The number of amides is 1. The summed E-state index contributed by atoms with van der Waals surface area (Å²) in [6.07, 6.45) is 2.83. The van der Waals surface area contributed by atoms with E-state index in [2.05, 4.69) is 5.32 Å². The van der Waals surface area contributed by atoms with Gasteiger partial charge in [0.05, 0.1) is 17.7 Å². The lowest BCUT2D eigenvalue weighted by atomic mass is 10.1. The number of nitrogens with one attached hydrogen (secondary N) is 1. The lowest BCUT2D eigenvalue weighted by molar-refractivity contribution is -0.119. The molecule has 6 nitrogen and oxygen atoms in total. The molecular weight excluding hydrogens is 472 g/mol. The molecule has 1 aliphatic rings. The van der Waals surface area contributed by atoms with Crippen LogP contribution in [0, 0.1) is 6.92 Å². The van der Waals surface area contributed by atoms with E-state index >= 15 is 0 Å². The Bertz CT molecular complexity index is 1310. The van der Waals surface area contributed by atoms with E-state index in [1.807, 2.05) is 18.2 Å². The van der Waals surface area contributed by atoms with Gasteiger partial charge in [0.2, 0.25) is 5.91 Å². The first kappa shape index (κ1) is 24.1. The molecule has 3 aromatic carbocycles. The van der Waals surface area contributed by atoms with Gasteiger partial charge in [-0.05, 0) is 84.8 Å². The van der Waals surface area contributed by atoms with Crippen LogP contribution in [0.3, 0.4) is 0 Å². The second-order valence-corrected chi connectivity index (χ2v) is 10.6. The van der Waals surface area contributed by atoms with Gasteiger partial charge >= 0.3 is 0 Å². The van der Waals surface area contributed by atoms with Crippen molar-refractivity contribution in [3.05, 3.63) is 87.9 Å². The van der Waals surface area contributed by atoms with E-state index in [4.69, 9.17) is 16.3 Å². The third-order valence-corrected chi connectivity index (χ3v) is 8.27. The Morgan fingerprint density at radius 2 is 1.79 bits per heavy atom. The average Bonchev–Trinajstić information content (AvgIpc) is 3.31. The van der Waals surface area contributed by atoms with Crippen LogP contribution in [0.5, 0.6) is 5.75 Å². The van der Waals surface area contributed by atoms with Crippen molar-refractivity contribution in [1.29, 1.82) is 0 Å². The predicted molar refractivity (Wildman–Crippen MR) is 134 cm³/mol. The summed E-state index contributed by atoms with van der Waals surface area (Å²) in [5.74, 6) is 0.304. The predicted octanol–water partition coefficient (Wildman–Crippen LogP) is 4.66. The van der Waals surface area contributed by atoms with Gasteiger partial charge in [0.25, 0.3) is 10.0 Å². The SMILES string of the molecule is COc1ccc(CNC(=O)CN(c2cccc(Cl)c2C)S(=O)(=O)c2ccc3c(c2)CCC3)cc1. The van der Waals surface area contributed by atoms with E-state index in [-0.39, 0.29) is 18.0 Å². The second-order valence-electron chi connectivity index (χ2n) is 8.30. The zero-order valence-electron chi connectivity index (χ0n) is 19.2. The number of hydrogen-bond acceptors (Lipinski definition) is 4. The summed E-state index contributed by atoms with van der Waals surface area (Å²) in [5, 5.41) is 3.25. The first-order valence-electron chi connectivity index (χ1n) is 11.1. The van der Waals surface area contributed by atoms with Gasteiger partial charge in [0.1, 0.15) is 12.3 Å². The van der Waals surface area contributed by atoms with Crippen LogP contribution in [-0.2, 0) is 34.2 Å². The summed E-state index contributed by atoms with van der Waals surface area (Å²) in [6, 6.07) is 17.6. The van der Waals surface area contributed by atoms with Crippen molar-refractivity contribution in [2.75, 3.05) is 18.0 Å². The smallest absolute Gasteiger partial charge is 0.264 e. The Morgan fingerprint density at radius 1 is 1.06 bits per heavy atom. The minimum atomic E-state index is -4.00. The number of rotatable bonds is 8. The Kier molecular flexibility index (Phi) is 7.14. The summed E-state index contributed by atoms with van der Waals surface area (Å²) >= 11 is 6.30. The summed E-state index contributed by atoms with van der Waals surface area (Å²) in [7, 11) is -2.42. The maximum absolute atomic E-state index is 13.8. The number of fused-ring (bicyclic) bond motifs is 1. The normalized spacial score (nSPS) is 12.8. The van der Waals surface area contributed by atoms with Gasteiger partial charge in [0.15, 0.2) is 0 Å². The minimum Gasteiger partial charge on any atom is -0.497 e. The second kappa shape index (κ2) is 10.1. The van der Waals surface area contributed by atoms with Crippen molar-refractivity contribution >= 4 is 33.2 Å². The first-order valence-corrected chi connectivity index (χ1v) is 12.9. The molecule has 8 heteroatoms. The van der Waals surface area contributed by atoms with Crippen LogP contribution < -0.4 is 14.4 Å². The fourth-order valence-corrected chi connectivity index (χ4v) is 5.83. The molecule has 0 bridgehead atoms. The molecule has 0 aliphatic heterocycles. The molecule has 4 rings (SSSR count). The van der Waals surface area contributed by atoms with E-state index in [0.29, 0.717) is 16.3 Å². The monoisotopic (exact) mass is 498 g/mol. The van der Waals surface area contributed by atoms with Crippen LogP contribution in [-0.4, -0.2) is 28.0 Å². The van der Waals surface area contributed by atoms with Gasteiger partial charge < -0.3 is 10.1 Å². The van der Waals surface area contributed by atoms with Crippen molar-refractivity contribution in [2.24, 2.45) is 0 Å². The summed E-state index contributed by atoms with van der Waals surface area (Å²) in [5.41, 5.74) is 4.08. The molecule has 0 aromatic heterocycles. The van der Waals surface area contributed by atoms with E-state index in [0.717, 1.165) is 40.4 Å². The van der Waals surface area contributed by atoms with Crippen LogP contribution in [0.4, 0.5) is 5.69 Å². The van der Waals surface area contributed by atoms with Crippen molar-refractivity contribution in [3.63, 3.8) is 0 Å². The number of ether oxygens (including phenoxy) is 1. The Morgan fingerprint density at radius 3 is 2.53 bits per heavy atom. The number of sulfonamides is 1. The highest BCUT2D eigenvalue weighted by atomic mass is 35.5. The van der Waals surface area contributed by atoms with Crippen LogP contribution in [0.25, 0.3) is 0 Å². The summed E-state index contributed by atoms with van der Waals surface area (Å²) in [4.78, 5) is 13.1. The van der Waals surface area contributed by atoms with Crippen molar-refractivity contribution in [3.8, 4) is 5.75 Å². The van der Waals surface area contributed by atoms with Gasteiger partial charge in [0, 0.05) is 11.6 Å². The summed E-state index contributed by atoms with van der Waals surface area (Å²) in [6.45, 7) is 1.65. The lowest BCUT2D eigenvalue weighted by Crippen LogP contribution is -2.41. The molecule has 0 heterocycles. The number of carbonyl (C=O) groups is 1. The molecule has 0 saturated heterocycles. The van der Waals surface area contributed by atoms with Crippen molar-refractivity contribution < 1.29 is 17.9 Å². The highest BCUT2D eigenvalue weighted by Gasteiger charge is 2.29. The Labute approximate surface area is 205 Å². The molecule has 0 spiro atoms. The van der Waals surface area contributed by atoms with Gasteiger partial charge in [-0.1, -0.05) is 35.9 Å². The number of methoxy groups -OCH3 is 1. The van der Waals surface area contributed by atoms with Crippen LogP contribution in [0.15, 0.2) is 65.6 Å². The van der Waals surface area contributed by atoms with E-state index in [1.165, 1.54) is 5.56 Å². The maximum atomic E-state index is 13.8. The molecule has 1 amide bonds. The molecule has 1 N–H and O–H groups in total. The number of benzene rings is 3. The molecule has 178 valence electrons. The maximum Gasteiger partial charge on any atom is 0.264 e. The molecule has 0 atom stereocenters. The fraction of sp³-hybridized carbons (Fsp3) is 0.269. The third-order valence-electron chi connectivity index (χ3n) is 6.10.